The Bertz CT molecular complexity index is 542. The molecule has 0 atom stereocenters. The lowest BCUT2D eigenvalue weighted by Gasteiger charge is -2.00. The molecule has 1 aromatic carbocycles. The summed E-state index contributed by atoms with van der Waals surface area (Å²) >= 11 is 1.52. The van der Waals surface area contributed by atoms with Crippen molar-refractivity contribution in [3.8, 4) is 16.3 Å². The molecule has 102 valence electrons. The first-order valence-electron chi connectivity index (χ1n) is 6.02. The molecule has 0 saturated carbocycles. The second-order valence-electron chi connectivity index (χ2n) is 4.17. The molecule has 2 aromatic rings. The zero-order chi connectivity index (χ0) is 13.7. The minimum atomic E-state index is 0.285. The van der Waals surface area contributed by atoms with Gasteiger partial charge in [-0.05, 0) is 18.6 Å². The van der Waals surface area contributed by atoms with Crippen molar-refractivity contribution >= 4 is 11.3 Å². The zero-order valence-electron chi connectivity index (χ0n) is 11.0. The van der Waals surface area contributed by atoms with Gasteiger partial charge in [0.2, 0.25) is 0 Å². The molecule has 0 spiro atoms. The molecular weight excluding hydrogens is 262 g/mol. The summed E-state index contributed by atoms with van der Waals surface area (Å²) in [5, 5.41) is 22.9. The topological polar surface area (TPSA) is 67.3 Å². The average molecular weight is 279 g/mol. The molecule has 0 unspecified atom stereocenters. The van der Waals surface area contributed by atoms with Crippen LogP contribution in [-0.4, -0.2) is 35.6 Å². The Hall–Kier alpha value is -1.50. The van der Waals surface area contributed by atoms with Crippen LogP contribution >= 0.6 is 11.3 Å². The maximum absolute atomic E-state index is 9.70. The first-order valence-corrected chi connectivity index (χ1v) is 6.84. The summed E-state index contributed by atoms with van der Waals surface area (Å²) in [6.45, 7) is 4.01. The summed E-state index contributed by atoms with van der Waals surface area (Å²) in [4.78, 5) is 0. The van der Waals surface area contributed by atoms with E-state index in [1.165, 1.54) is 11.3 Å². The molecule has 0 fully saturated rings. The van der Waals surface area contributed by atoms with Crippen molar-refractivity contribution in [2.24, 2.45) is 0 Å². The molecule has 0 aliphatic rings. The third kappa shape index (κ3) is 3.73. The van der Waals surface area contributed by atoms with Gasteiger partial charge >= 0.3 is 0 Å². The van der Waals surface area contributed by atoms with Crippen LogP contribution < -0.4 is 5.32 Å². The van der Waals surface area contributed by atoms with E-state index in [2.05, 4.69) is 15.5 Å². The largest absolute Gasteiger partial charge is 0.508 e. The Balaban J connectivity index is 2.01. The van der Waals surface area contributed by atoms with Crippen LogP contribution in [0.1, 0.15) is 10.6 Å². The summed E-state index contributed by atoms with van der Waals surface area (Å²) < 4.78 is 4.96. The van der Waals surface area contributed by atoms with E-state index in [9.17, 15) is 5.11 Å². The average Bonchev–Trinajstić information content (AvgIpc) is 2.87. The van der Waals surface area contributed by atoms with Crippen molar-refractivity contribution in [3.05, 3.63) is 28.8 Å². The van der Waals surface area contributed by atoms with E-state index in [-0.39, 0.29) is 5.75 Å². The van der Waals surface area contributed by atoms with Gasteiger partial charge in [0.25, 0.3) is 0 Å². The molecular formula is C13H17N3O2S. The van der Waals surface area contributed by atoms with E-state index in [0.29, 0.717) is 13.2 Å². The van der Waals surface area contributed by atoms with Crippen molar-refractivity contribution in [2.45, 2.75) is 13.5 Å². The van der Waals surface area contributed by atoms with Crippen LogP contribution in [0.25, 0.3) is 10.6 Å². The molecule has 0 bridgehead atoms. The molecule has 0 aliphatic carbocycles. The van der Waals surface area contributed by atoms with Gasteiger partial charge in [-0.15, -0.1) is 10.2 Å². The van der Waals surface area contributed by atoms with Gasteiger partial charge < -0.3 is 15.2 Å². The van der Waals surface area contributed by atoms with Gasteiger partial charge in [0.05, 0.1) is 6.61 Å². The first-order chi connectivity index (χ1) is 9.20. The van der Waals surface area contributed by atoms with Crippen molar-refractivity contribution in [2.75, 3.05) is 20.3 Å². The Morgan fingerprint density at radius 3 is 2.95 bits per heavy atom. The van der Waals surface area contributed by atoms with E-state index < -0.39 is 0 Å². The highest BCUT2D eigenvalue weighted by Gasteiger charge is 2.08. The van der Waals surface area contributed by atoms with Gasteiger partial charge in [-0.25, -0.2) is 0 Å². The fourth-order valence-corrected chi connectivity index (χ4v) is 2.36. The molecule has 2 rings (SSSR count). The third-order valence-electron chi connectivity index (χ3n) is 2.68. The van der Waals surface area contributed by atoms with Gasteiger partial charge in [-0.2, -0.15) is 0 Å². The standard InChI is InChI=1S/C13H17N3O2S/c1-9-3-4-10(7-11(9)17)13-16-15-12(19-13)8-14-5-6-18-2/h3-4,7,14,17H,5-6,8H2,1-2H3. The minimum absolute atomic E-state index is 0.285. The van der Waals surface area contributed by atoms with Gasteiger partial charge in [-0.1, -0.05) is 23.5 Å². The van der Waals surface area contributed by atoms with Gasteiger partial charge in [0.15, 0.2) is 0 Å². The number of rotatable bonds is 6. The molecule has 0 saturated heterocycles. The van der Waals surface area contributed by atoms with Crippen LogP contribution in [0, 0.1) is 6.92 Å². The van der Waals surface area contributed by atoms with Crippen LogP contribution in [0.5, 0.6) is 5.75 Å². The molecule has 19 heavy (non-hydrogen) atoms. The first kappa shape index (κ1) is 13.9. The van der Waals surface area contributed by atoms with E-state index in [1.54, 1.807) is 13.2 Å². The SMILES string of the molecule is COCCNCc1nnc(-c2ccc(C)c(O)c2)s1. The van der Waals surface area contributed by atoms with Crippen LogP contribution in [-0.2, 0) is 11.3 Å². The number of ether oxygens (including phenoxy) is 1. The quantitative estimate of drug-likeness (QED) is 0.791. The molecule has 0 radical (unpaired) electrons. The molecule has 1 aromatic heterocycles. The monoisotopic (exact) mass is 279 g/mol. The Morgan fingerprint density at radius 1 is 1.37 bits per heavy atom. The Labute approximate surface area is 116 Å². The normalized spacial score (nSPS) is 10.8. The number of phenols is 1. The summed E-state index contributed by atoms with van der Waals surface area (Å²) in [7, 11) is 1.68. The highest BCUT2D eigenvalue weighted by Crippen LogP contribution is 2.28. The van der Waals surface area contributed by atoms with Crippen molar-refractivity contribution in [1.82, 2.24) is 15.5 Å². The minimum Gasteiger partial charge on any atom is -0.508 e. The summed E-state index contributed by atoms with van der Waals surface area (Å²) in [5.41, 5.74) is 1.75. The van der Waals surface area contributed by atoms with E-state index in [4.69, 9.17) is 4.74 Å². The number of hydrogen-bond donors (Lipinski definition) is 2. The predicted molar refractivity (Wildman–Crippen MR) is 75.3 cm³/mol. The highest BCUT2D eigenvalue weighted by molar-refractivity contribution is 7.14. The lowest BCUT2D eigenvalue weighted by Crippen LogP contribution is -2.18. The van der Waals surface area contributed by atoms with E-state index in [1.807, 2.05) is 19.1 Å². The second kappa shape index (κ2) is 6.60. The van der Waals surface area contributed by atoms with Crippen LogP contribution in [0.15, 0.2) is 18.2 Å². The van der Waals surface area contributed by atoms with E-state index >= 15 is 0 Å². The number of aryl methyl sites for hydroxylation is 1. The number of benzene rings is 1. The number of methoxy groups -OCH3 is 1. The molecule has 0 amide bonds. The van der Waals surface area contributed by atoms with E-state index in [0.717, 1.165) is 27.7 Å². The summed E-state index contributed by atoms with van der Waals surface area (Å²) in [6, 6.07) is 5.54. The Morgan fingerprint density at radius 2 is 2.21 bits per heavy atom. The predicted octanol–water partition coefficient (Wildman–Crippen LogP) is 1.96. The smallest absolute Gasteiger partial charge is 0.147 e. The molecule has 1 heterocycles. The second-order valence-corrected chi connectivity index (χ2v) is 5.23. The summed E-state index contributed by atoms with van der Waals surface area (Å²) in [5.74, 6) is 0.285. The lowest BCUT2D eigenvalue weighted by molar-refractivity contribution is 0.199. The molecule has 2 N–H and O–H groups in total. The number of aromatic nitrogens is 2. The van der Waals surface area contributed by atoms with Crippen LogP contribution in [0.4, 0.5) is 0 Å². The fourth-order valence-electron chi connectivity index (χ4n) is 1.55. The number of hydrogen-bond acceptors (Lipinski definition) is 6. The third-order valence-corrected chi connectivity index (χ3v) is 3.65. The zero-order valence-corrected chi connectivity index (χ0v) is 11.8. The highest BCUT2D eigenvalue weighted by atomic mass is 32.1. The molecule has 6 heteroatoms. The number of phenolic OH excluding ortho intramolecular Hbond substituents is 1. The van der Waals surface area contributed by atoms with Gasteiger partial charge in [-0.3, -0.25) is 0 Å². The number of nitrogens with one attached hydrogen (secondary N) is 1. The number of aromatic hydroxyl groups is 1. The maximum atomic E-state index is 9.70. The fraction of sp³-hybridized carbons (Fsp3) is 0.385. The number of nitrogens with zero attached hydrogens (tertiary/aromatic N) is 2. The Kier molecular flexibility index (Phi) is 4.84. The maximum Gasteiger partial charge on any atom is 0.147 e. The molecule has 0 aliphatic heterocycles. The van der Waals surface area contributed by atoms with Crippen LogP contribution in [0.3, 0.4) is 0 Å². The van der Waals surface area contributed by atoms with Crippen molar-refractivity contribution in [1.29, 1.82) is 0 Å². The van der Waals surface area contributed by atoms with Gasteiger partial charge in [0.1, 0.15) is 15.8 Å². The lowest BCUT2D eigenvalue weighted by atomic mass is 10.1. The summed E-state index contributed by atoms with van der Waals surface area (Å²) in [6.07, 6.45) is 0. The molecule has 5 nitrogen and oxygen atoms in total. The van der Waals surface area contributed by atoms with Crippen molar-refractivity contribution < 1.29 is 9.84 Å². The van der Waals surface area contributed by atoms with Crippen LogP contribution in [0.2, 0.25) is 0 Å². The van der Waals surface area contributed by atoms with Gasteiger partial charge in [0, 0.05) is 25.8 Å². The van der Waals surface area contributed by atoms with Crippen molar-refractivity contribution in [3.63, 3.8) is 0 Å².